The molecule has 6 N–H and O–H groups in total. The van der Waals surface area contributed by atoms with Crippen LogP contribution in [0.15, 0.2) is 70.5 Å². The number of nitrogens with two attached hydrogens (primary N) is 2. The van der Waals surface area contributed by atoms with E-state index in [2.05, 4.69) is 0 Å². The first kappa shape index (κ1) is 21.4. The zero-order valence-electron chi connectivity index (χ0n) is 15.1. The average molecular weight is 452 g/mol. The van der Waals surface area contributed by atoms with Gasteiger partial charge < -0.3 is 20.9 Å². The fourth-order valence-corrected chi connectivity index (χ4v) is 3.75. The molecule has 0 saturated carbocycles. The van der Waals surface area contributed by atoms with E-state index in [1.54, 1.807) is 0 Å². The second-order valence-electron chi connectivity index (χ2n) is 6.04. The van der Waals surface area contributed by atoms with Crippen molar-refractivity contribution in [3.63, 3.8) is 0 Å². The monoisotopic (exact) mass is 452 g/mol. The maximum atomic E-state index is 11.5. The van der Waals surface area contributed by atoms with Gasteiger partial charge in [-0.15, -0.1) is 0 Å². The molecule has 0 spiro atoms. The summed E-state index contributed by atoms with van der Waals surface area (Å²) in [6, 6.07) is 13.2. The van der Waals surface area contributed by atoms with Gasteiger partial charge in [0.25, 0.3) is 20.2 Å². The molecule has 0 unspecified atom stereocenters. The summed E-state index contributed by atoms with van der Waals surface area (Å²) in [6.07, 6.45) is 0. The van der Waals surface area contributed by atoms with E-state index in [1.165, 1.54) is 48.5 Å². The molecule has 0 aliphatic carbocycles. The van der Waals surface area contributed by atoms with Gasteiger partial charge in [-0.3, -0.25) is 9.11 Å². The number of benzene rings is 3. The van der Waals surface area contributed by atoms with E-state index in [1.807, 2.05) is 0 Å². The summed E-state index contributed by atoms with van der Waals surface area (Å²) in [5.41, 5.74) is 11.3. The fourth-order valence-electron chi connectivity index (χ4n) is 2.45. The highest BCUT2D eigenvalue weighted by Crippen LogP contribution is 2.34. The van der Waals surface area contributed by atoms with Gasteiger partial charge in [0.1, 0.15) is 32.8 Å². The molecule has 0 amide bonds. The summed E-state index contributed by atoms with van der Waals surface area (Å²) < 4.78 is 75.7. The van der Waals surface area contributed by atoms with Gasteiger partial charge in [-0.1, -0.05) is 0 Å². The van der Waals surface area contributed by atoms with Crippen molar-refractivity contribution in [2.75, 3.05) is 11.5 Å². The number of ether oxygens (including phenoxy) is 2. The maximum Gasteiger partial charge on any atom is 0.298 e. The molecule has 0 aliphatic heterocycles. The molecule has 3 aromatic rings. The van der Waals surface area contributed by atoms with Gasteiger partial charge in [-0.2, -0.15) is 16.8 Å². The molecule has 0 aliphatic rings. The number of hydrogen-bond donors (Lipinski definition) is 4. The first-order valence-corrected chi connectivity index (χ1v) is 11.0. The Balaban J connectivity index is 1.86. The average Bonchev–Trinajstić information content (AvgIpc) is 2.64. The maximum absolute atomic E-state index is 11.5. The molecule has 30 heavy (non-hydrogen) atoms. The van der Waals surface area contributed by atoms with Crippen molar-refractivity contribution < 1.29 is 35.4 Å². The fraction of sp³-hybridized carbons (Fsp3) is 0. The van der Waals surface area contributed by atoms with Crippen LogP contribution in [0.1, 0.15) is 0 Å². The Morgan fingerprint density at radius 3 is 1.23 bits per heavy atom. The van der Waals surface area contributed by atoms with Gasteiger partial charge in [0.05, 0.1) is 0 Å². The molecule has 0 fully saturated rings. The summed E-state index contributed by atoms with van der Waals surface area (Å²) in [5, 5.41) is 0. The zero-order valence-corrected chi connectivity index (χ0v) is 16.7. The lowest BCUT2D eigenvalue weighted by Crippen LogP contribution is -2.03. The Bertz CT molecular complexity index is 1200. The number of anilines is 2. The minimum absolute atomic E-state index is 0.122. The normalized spacial score (nSPS) is 11.8. The molecule has 10 nitrogen and oxygen atoms in total. The van der Waals surface area contributed by atoms with Crippen LogP contribution in [-0.2, 0) is 20.2 Å². The van der Waals surface area contributed by atoms with E-state index in [4.69, 9.17) is 20.9 Å². The van der Waals surface area contributed by atoms with Crippen molar-refractivity contribution in [3.05, 3.63) is 60.7 Å². The minimum atomic E-state index is -4.57. The van der Waals surface area contributed by atoms with Crippen molar-refractivity contribution in [2.24, 2.45) is 0 Å². The van der Waals surface area contributed by atoms with Crippen molar-refractivity contribution in [1.82, 2.24) is 0 Å². The SMILES string of the molecule is Nc1ccc(Oc2ccc(Oc3ccc(N)cc3S(=O)(=O)O)cc2)c(S(=O)(=O)O)c1. The van der Waals surface area contributed by atoms with Gasteiger partial charge >= 0.3 is 0 Å². The third-order valence-electron chi connectivity index (χ3n) is 3.77. The molecule has 0 bridgehead atoms. The molecule has 3 rings (SSSR count). The summed E-state index contributed by atoms with van der Waals surface area (Å²) in [4.78, 5) is -0.995. The third kappa shape index (κ3) is 4.99. The molecule has 3 aromatic carbocycles. The van der Waals surface area contributed by atoms with Gasteiger partial charge in [-0.25, -0.2) is 0 Å². The Morgan fingerprint density at radius 2 is 0.933 bits per heavy atom. The summed E-state index contributed by atoms with van der Waals surface area (Å²) in [7, 11) is -9.14. The van der Waals surface area contributed by atoms with E-state index < -0.39 is 30.0 Å². The Hall–Kier alpha value is -3.32. The lowest BCUT2D eigenvalue weighted by molar-refractivity contribution is 0.440. The Morgan fingerprint density at radius 1 is 0.600 bits per heavy atom. The van der Waals surface area contributed by atoms with E-state index in [0.717, 1.165) is 12.1 Å². The minimum Gasteiger partial charge on any atom is -0.456 e. The van der Waals surface area contributed by atoms with Crippen LogP contribution in [0, 0.1) is 0 Å². The summed E-state index contributed by atoms with van der Waals surface area (Å²) in [5.74, 6) is 0.105. The predicted octanol–water partition coefficient (Wildman–Crippen LogP) is 2.93. The van der Waals surface area contributed by atoms with Gasteiger partial charge in [0.2, 0.25) is 0 Å². The van der Waals surface area contributed by atoms with E-state index >= 15 is 0 Å². The Kier molecular flexibility index (Phi) is 5.59. The second-order valence-corrected chi connectivity index (χ2v) is 8.82. The highest BCUT2D eigenvalue weighted by Gasteiger charge is 2.19. The van der Waals surface area contributed by atoms with Crippen LogP contribution in [0.3, 0.4) is 0 Å². The van der Waals surface area contributed by atoms with Crippen molar-refractivity contribution in [1.29, 1.82) is 0 Å². The van der Waals surface area contributed by atoms with Crippen molar-refractivity contribution in [2.45, 2.75) is 9.79 Å². The van der Waals surface area contributed by atoms with Crippen LogP contribution in [0.5, 0.6) is 23.0 Å². The lowest BCUT2D eigenvalue weighted by Gasteiger charge is -2.12. The van der Waals surface area contributed by atoms with E-state index in [-0.39, 0.29) is 34.4 Å². The largest absolute Gasteiger partial charge is 0.456 e. The van der Waals surface area contributed by atoms with Crippen LogP contribution in [0.2, 0.25) is 0 Å². The smallest absolute Gasteiger partial charge is 0.298 e. The number of nitrogen functional groups attached to an aromatic ring is 2. The van der Waals surface area contributed by atoms with Crippen molar-refractivity contribution >= 4 is 31.6 Å². The van der Waals surface area contributed by atoms with Gasteiger partial charge in [0, 0.05) is 11.4 Å². The zero-order chi connectivity index (χ0) is 22.1. The first-order valence-electron chi connectivity index (χ1n) is 8.13. The molecule has 0 aromatic heterocycles. The van der Waals surface area contributed by atoms with Gasteiger partial charge in [-0.05, 0) is 60.7 Å². The number of rotatable bonds is 6. The first-order chi connectivity index (χ1) is 13.9. The molecule has 158 valence electrons. The summed E-state index contributed by atoms with van der Waals surface area (Å²) >= 11 is 0. The molecule has 12 heteroatoms. The van der Waals surface area contributed by atoms with Crippen LogP contribution in [0.25, 0.3) is 0 Å². The molecular weight excluding hydrogens is 436 g/mol. The summed E-state index contributed by atoms with van der Waals surface area (Å²) in [6.45, 7) is 0. The third-order valence-corrected chi connectivity index (χ3v) is 5.52. The van der Waals surface area contributed by atoms with Crippen LogP contribution in [0.4, 0.5) is 11.4 Å². The molecule has 0 saturated heterocycles. The molecule has 0 heterocycles. The lowest BCUT2D eigenvalue weighted by atomic mass is 10.3. The molecule has 0 radical (unpaired) electrons. The quantitative estimate of drug-likeness (QED) is 0.321. The van der Waals surface area contributed by atoms with Crippen molar-refractivity contribution in [3.8, 4) is 23.0 Å². The highest BCUT2D eigenvalue weighted by molar-refractivity contribution is 7.86. The van der Waals surface area contributed by atoms with Crippen LogP contribution >= 0.6 is 0 Å². The van der Waals surface area contributed by atoms with E-state index in [9.17, 15) is 25.9 Å². The molecular formula is C18H16N2O8S2. The van der Waals surface area contributed by atoms with Gasteiger partial charge in [0.15, 0.2) is 0 Å². The van der Waals surface area contributed by atoms with Crippen LogP contribution in [-0.4, -0.2) is 25.9 Å². The second kappa shape index (κ2) is 7.84. The predicted molar refractivity (Wildman–Crippen MR) is 108 cm³/mol. The van der Waals surface area contributed by atoms with E-state index in [0.29, 0.717) is 0 Å². The molecule has 0 atom stereocenters. The number of hydrogen-bond acceptors (Lipinski definition) is 8. The van der Waals surface area contributed by atoms with Crippen LogP contribution < -0.4 is 20.9 Å². The standard InChI is InChI=1S/C18H16N2O8S2/c19-11-1-7-15(17(9-11)29(21,22)23)27-13-3-5-14(6-4-13)28-16-8-2-12(20)10-18(16)30(24,25)26/h1-10H,19-20H2,(H,21,22,23)(H,24,25,26). The highest BCUT2D eigenvalue weighted by atomic mass is 32.2. The topological polar surface area (TPSA) is 179 Å². The Labute approximate surface area is 172 Å².